The van der Waals surface area contributed by atoms with Gasteiger partial charge in [-0.1, -0.05) is 27.7 Å². The summed E-state index contributed by atoms with van der Waals surface area (Å²) in [6, 6.07) is 0. The smallest absolute Gasteiger partial charge is 0.306 e. The first-order chi connectivity index (χ1) is 13.0. The minimum atomic E-state index is -0.701. The highest BCUT2D eigenvalue weighted by molar-refractivity contribution is 7.09. The predicted octanol–water partition coefficient (Wildman–Crippen LogP) is 4.57. The molecule has 0 saturated carbocycles. The minimum absolute atomic E-state index is 0.00625. The molecule has 1 N–H and O–H groups in total. The molecule has 5 nitrogen and oxygen atoms in total. The van der Waals surface area contributed by atoms with E-state index in [-0.39, 0.29) is 30.2 Å². The van der Waals surface area contributed by atoms with E-state index in [9.17, 15) is 14.7 Å². The SMILES string of the molecule is C/C(=C\c1csc(C)n1)C1CCC(C)C(O)C(C)C(=O)C(C)(C)CCC(=O)O1. The quantitative estimate of drug-likeness (QED) is 0.727. The van der Waals surface area contributed by atoms with Crippen LogP contribution in [0.1, 0.15) is 71.0 Å². The lowest BCUT2D eigenvalue weighted by Gasteiger charge is -2.33. The largest absolute Gasteiger partial charge is 0.458 e. The van der Waals surface area contributed by atoms with E-state index < -0.39 is 17.4 Å². The molecular formula is C22H33NO4S. The van der Waals surface area contributed by atoms with Crippen LogP contribution in [-0.2, 0) is 14.3 Å². The molecule has 1 saturated heterocycles. The fourth-order valence-corrected chi connectivity index (χ4v) is 4.33. The Morgan fingerprint density at radius 3 is 2.61 bits per heavy atom. The average Bonchev–Trinajstić information content (AvgIpc) is 3.05. The van der Waals surface area contributed by atoms with Gasteiger partial charge in [0.2, 0.25) is 0 Å². The zero-order valence-corrected chi connectivity index (χ0v) is 18.6. The van der Waals surface area contributed by atoms with E-state index in [0.717, 1.165) is 16.3 Å². The van der Waals surface area contributed by atoms with Crippen LogP contribution < -0.4 is 0 Å². The molecule has 4 unspecified atom stereocenters. The Labute approximate surface area is 172 Å². The number of thiazole rings is 1. The summed E-state index contributed by atoms with van der Waals surface area (Å²) in [5.41, 5.74) is 1.15. The van der Waals surface area contributed by atoms with Crippen LogP contribution in [0.5, 0.6) is 0 Å². The molecule has 156 valence electrons. The normalized spacial score (nSPS) is 30.3. The maximum atomic E-state index is 12.8. The number of ether oxygens (including phenoxy) is 1. The molecule has 0 radical (unpaired) electrons. The van der Waals surface area contributed by atoms with Gasteiger partial charge in [0.1, 0.15) is 11.9 Å². The van der Waals surface area contributed by atoms with Crippen molar-refractivity contribution in [2.45, 2.75) is 79.4 Å². The summed E-state index contributed by atoms with van der Waals surface area (Å²) >= 11 is 1.58. The van der Waals surface area contributed by atoms with Gasteiger partial charge in [0.15, 0.2) is 0 Å². The summed E-state index contributed by atoms with van der Waals surface area (Å²) in [6.45, 7) is 11.3. The van der Waals surface area contributed by atoms with Gasteiger partial charge >= 0.3 is 5.97 Å². The van der Waals surface area contributed by atoms with E-state index in [0.29, 0.717) is 19.3 Å². The Balaban J connectivity index is 2.24. The number of cyclic esters (lactones) is 1. The van der Waals surface area contributed by atoms with Crippen LogP contribution in [0.4, 0.5) is 0 Å². The van der Waals surface area contributed by atoms with Gasteiger partial charge in [-0.2, -0.15) is 0 Å². The standard InChI is InChI=1S/C22H33NO4S/c1-13-7-8-18(14(2)11-17-12-28-16(4)23-17)27-19(24)9-10-22(5,6)21(26)15(3)20(13)25/h11-13,15,18,20,25H,7-10H2,1-6H3/b14-11+. The number of carbonyl (C=O) groups excluding carboxylic acids is 2. The Hall–Kier alpha value is -1.53. The third kappa shape index (κ3) is 5.74. The number of rotatable bonds is 2. The molecule has 0 aliphatic carbocycles. The van der Waals surface area contributed by atoms with Crippen LogP contribution in [0.15, 0.2) is 11.0 Å². The van der Waals surface area contributed by atoms with E-state index >= 15 is 0 Å². The van der Waals surface area contributed by atoms with Gasteiger partial charge in [-0.05, 0) is 50.7 Å². The van der Waals surface area contributed by atoms with Crippen LogP contribution >= 0.6 is 11.3 Å². The molecular weight excluding hydrogens is 374 g/mol. The topological polar surface area (TPSA) is 76.5 Å². The predicted molar refractivity (Wildman–Crippen MR) is 112 cm³/mol. The summed E-state index contributed by atoms with van der Waals surface area (Å²) in [5.74, 6) is -0.792. The molecule has 28 heavy (non-hydrogen) atoms. The van der Waals surface area contributed by atoms with Crippen LogP contribution in [-0.4, -0.2) is 34.1 Å². The summed E-state index contributed by atoms with van der Waals surface area (Å²) in [6.07, 6.45) is 2.79. The fourth-order valence-electron chi connectivity index (χ4n) is 3.76. The van der Waals surface area contributed by atoms with Crippen LogP contribution in [0.3, 0.4) is 0 Å². The molecule has 1 aliphatic heterocycles. The lowest BCUT2D eigenvalue weighted by atomic mass is 9.74. The molecule has 0 aromatic carbocycles. The van der Waals surface area contributed by atoms with Crippen LogP contribution in [0.2, 0.25) is 0 Å². The van der Waals surface area contributed by atoms with Crippen LogP contribution in [0.25, 0.3) is 6.08 Å². The van der Waals surface area contributed by atoms with Gasteiger partial charge in [-0.3, -0.25) is 9.59 Å². The number of aliphatic hydroxyl groups is 1. The Morgan fingerprint density at radius 1 is 1.32 bits per heavy atom. The zero-order chi connectivity index (χ0) is 21.1. The summed E-state index contributed by atoms with van der Waals surface area (Å²) in [7, 11) is 0. The molecule has 0 spiro atoms. The average molecular weight is 408 g/mol. The molecule has 1 fully saturated rings. The number of ketones is 1. The Bertz CT molecular complexity index is 737. The number of hydrogen-bond donors (Lipinski definition) is 1. The van der Waals surface area contributed by atoms with Gasteiger partial charge < -0.3 is 9.84 Å². The second kappa shape index (κ2) is 9.31. The van der Waals surface area contributed by atoms with Crippen molar-refractivity contribution in [1.82, 2.24) is 4.98 Å². The number of esters is 1. The number of hydrogen-bond acceptors (Lipinski definition) is 6. The molecule has 2 rings (SSSR count). The van der Waals surface area contributed by atoms with E-state index in [1.165, 1.54) is 0 Å². The lowest BCUT2D eigenvalue weighted by molar-refractivity contribution is -0.149. The van der Waals surface area contributed by atoms with Crippen molar-refractivity contribution >= 4 is 29.2 Å². The van der Waals surface area contributed by atoms with Crippen molar-refractivity contribution in [3.8, 4) is 0 Å². The molecule has 2 heterocycles. The second-order valence-corrected chi connectivity index (χ2v) is 9.80. The molecule has 1 aromatic heterocycles. The van der Waals surface area contributed by atoms with Gasteiger partial charge in [0.25, 0.3) is 0 Å². The van der Waals surface area contributed by atoms with E-state index in [2.05, 4.69) is 4.98 Å². The fraction of sp³-hybridized carbons (Fsp3) is 0.682. The van der Waals surface area contributed by atoms with Crippen molar-refractivity contribution in [1.29, 1.82) is 0 Å². The number of aryl methyl sites for hydroxylation is 1. The molecule has 6 heteroatoms. The third-order valence-corrected chi connectivity index (χ3v) is 6.60. The molecule has 0 bridgehead atoms. The maximum Gasteiger partial charge on any atom is 0.306 e. The molecule has 1 aromatic rings. The highest BCUT2D eigenvalue weighted by atomic mass is 32.1. The maximum absolute atomic E-state index is 12.8. The van der Waals surface area contributed by atoms with E-state index in [1.807, 2.05) is 46.1 Å². The van der Waals surface area contributed by atoms with E-state index in [4.69, 9.17) is 4.74 Å². The minimum Gasteiger partial charge on any atom is -0.458 e. The Kier molecular flexibility index (Phi) is 7.57. The Morgan fingerprint density at radius 2 is 2.00 bits per heavy atom. The van der Waals surface area contributed by atoms with Crippen molar-refractivity contribution in [3.63, 3.8) is 0 Å². The van der Waals surface area contributed by atoms with Gasteiger partial charge in [0.05, 0.1) is 16.8 Å². The van der Waals surface area contributed by atoms with Crippen molar-refractivity contribution in [2.75, 3.05) is 0 Å². The monoisotopic (exact) mass is 407 g/mol. The second-order valence-electron chi connectivity index (χ2n) is 8.74. The first-order valence-corrected chi connectivity index (χ1v) is 10.9. The van der Waals surface area contributed by atoms with Gasteiger partial charge in [0, 0.05) is 23.1 Å². The number of aliphatic hydroxyl groups excluding tert-OH is 1. The highest BCUT2D eigenvalue weighted by Crippen LogP contribution is 2.33. The first-order valence-electron chi connectivity index (χ1n) is 10.0. The number of Topliss-reactive ketones (excluding diaryl/α,β-unsaturated/α-hetero) is 1. The van der Waals surface area contributed by atoms with E-state index in [1.54, 1.807) is 18.3 Å². The lowest BCUT2D eigenvalue weighted by Crippen LogP contribution is -2.40. The highest BCUT2D eigenvalue weighted by Gasteiger charge is 2.37. The summed E-state index contributed by atoms with van der Waals surface area (Å²) in [5, 5.41) is 13.7. The summed E-state index contributed by atoms with van der Waals surface area (Å²) in [4.78, 5) is 29.7. The van der Waals surface area contributed by atoms with Crippen molar-refractivity contribution in [3.05, 3.63) is 21.7 Å². The zero-order valence-electron chi connectivity index (χ0n) is 17.8. The third-order valence-electron chi connectivity index (χ3n) is 5.81. The van der Waals surface area contributed by atoms with Gasteiger partial charge in [-0.15, -0.1) is 11.3 Å². The van der Waals surface area contributed by atoms with Crippen molar-refractivity contribution < 1.29 is 19.4 Å². The van der Waals surface area contributed by atoms with Crippen LogP contribution in [0, 0.1) is 24.2 Å². The summed E-state index contributed by atoms with van der Waals surface area (Å²) < 4.78 is 5.78. The number of aromatic nitrogens is 1. The number of carbonyl (C=O) groups is 2. The number of nitrogens with zero attached hydrogens (tertiary/aromatic N) is 1. The van der Waals surface area contributed by atoms with Gasteiger partial charge in [-0.25, -0.2) is 4.98 Å². The molecule has 4 atom stereocenters. The first kappa shape index (κ1) is 22.8. The molecule has 0 amide bonds. The molecule has 1 aliphatic rings. The van der Waals surface area contributed by atoms with Crippen molar-refractivity contribution in [2.24, 2.45) is 17.3 Å².